The first kappa shape index (κ1) is 13.7. The second-order valence-electron chi connectivity index (χ2n) is 5.03. The predicted octanol–water partition coefficient (Wildman–Crippen LogP) is 1.21. The Balaban J connectivity index is 2.77. The summed E-state index contributed by atoms with van der Waals surface area (Å²) in [5, 5.41) is 2.07. The Hall–Kier alpha value is -1.35. The average Bonchev–Trinajstić information content (AvgIpc) is 2.28. The second-order valence-corrected chi connectivity index (χ2v) is 5.03. The molecule has 0 saturated heterocycles. The first-order valence-electron chi connectivity index (χ1n) is 6.20. The highest BCUT2D eigenvalue weighted by Gasteiger charge is 2.22. The summed E-state index contributed by atoms with van der Waals surface area (Å²) in [7, 11) is 0. The van der Waals surface area contributed by atoms with Gasteiger partial charge in [0.15, 0.2) is 6.04 Å². The number of benzene rings is 1. The number of nitrogens with two attached hydrogens (primary N) is 2. The molecule has 1 aromatic rings. The number of amides is 1. The van der Waals surface area contributed by atoms with Crippen LogP contribution in [0, 0.1) is 5.92 Å². The topological polar surface area (TPSA) is 59.7 Å². The Morgan fingerprint density at radius 1 is 1.24 bits per heavy atom. The van der Waals surface area contributed by atoms with Gasteiger partial charge < -0.3 is 11.1 Å². The lowest BCUT2D eigenvalue weighted by molar-refractivity contribution is -0.714. The summed E-state index contributed by atoms with van der Waals surface area (Å²) >= 11 is 0. The standard InChI is InChI=1S/C14H22N2O/c1-10(2)9-13(16-11(3)14(15)17)12-7-5-4-6-8-12/h4-8,10-11,13,16H,9H2,1-3H3,(H2,15,17)/p+1/t11-,13-/m1/s1. The van der Waals surface area contributed by atoms with Crippen molar-refractivity contribution in [2.75, 3.05) is 0 Å². The van der Waals surface area contributed by atoms with Crippen LogP contribution in [0.15, 0.2) is 30.3 Å². The van der Waals surface area contributed by atoms with Crippen molar-refractivity contribution in [3.63, 3.8) is 0 Å². The first-order chi connectivity index (χ1) is 8.00. The van der Waals surface area contributed by atoms with E-state index in [1.165, 1.54) is 5.56 Å². The normalized spacial score (nSPS) is 14.6. The summed E-state index contributed by atoms with van der Waals surface area (Å²) in [5.41, 5.74) is 6.58. The summed E-state index contributed by atoms with van der Waals surface area (Å²) in [4.78, 5) is 11.1. The van der Waals surface area contributed by atoms with Gasteiger partial charge in [-0.2, -0.15) is 0 Å². The van der Waals surface area contributed by atoms with E-state index >= 15 is 0 Å². The highest BCUT2D eigenvalue weighted by atomic mass is 16.1. The van der Waals surface area contributed by atoms with Gasteiger partial charge in [-0.25, -0.2) is 0 Å². The van der Waals surface area contributed by atoms with Gasteiger partial charge in [0.05, 0.1) is 0 Å². The molecule has 0 saturated carbocycles. The van der Waals surface area contributed by atoms with E-state index in [1.54, 1.807) is 0 Å². The molecule has 0 fully saturated rings. The van der Waals surface area contributed by atoms with E-state index in [0.717, 1.165) is 6.42 Å². The minimum Gasteiger partial charge on any atom is -0.365 e. The minimum absolute atomic E-state index is 0.182. The number of carbonyl (C=O) groups is 1. The van der Waals surface area contributed by atoms with Gasteiger partial charge >= 0.3 is 0 Å². The van der Waals surface area contributed by atoms with Gasteiger partial charge in [0.25, 0.3) is 5.91 Å². The molecule has 3 heteroatoms. The van der Waals surface area contributed by atoms with E-state index in [9.17, 15) is 4.79 Å². The largest absolute Gasteiger partial charge is 0.365 e. The van der Waals surface area contributed by atoms with Gasteiger partial charge in [-0.3, -0.25) is 4.79 Å². The molecule has 0 aromatic heterocycles. The number of hydrogen-bond acceptors (Lipinski definition) is 1. The molecule has 0 unspecified atom stereocenters. The smallest absolute Gasteiger partial charge is 0.275 e. The van der Waals surface area contributed by atoms with E-state index in [0.29, 0.717) is 12.0 Å². The lowest BCUT2D eigenvalue weighted by atomic mass is 9.96. The highest BCUT2D eigenvalue weighted by Crippen LogP contribution is 2.17. The van der Waals surface area contributed by atoms with Crippen LogP contribution in [0.25, 0.3) is 0 Å². The zero-order chi connectivity index (χ0) is 12.8. The van der Waals surface area contributed by atoms with Crippen LogP contribution in [0.2, 0.25) is 0 Å². The van der Waals surface area contributed by atoms with Crippen molar-refractivity contribution in [1.29, 1.82) is 0 Å². The SMILES string of the molecule is CC(C)C[C@@H]([NH2+][C@H](C)C(N)=O)c1ccccc1. The molecular formula is C14H23N2O+. The summed E-state index contributed by atoms with van der Waals surface area (Å²) in [6.45, 7) is 6.25. The molecule has 1 amide bonds. The number of primary amides is 1. The number of hydrogen-bond donors (Lipinski definition) is 2. The van der Waals surface area contributed by atoms with E-state index in [2.05, 4.69) is 31.3 Å². The molecular weight excluding hydrogens is 212 g/mol. The van der Waals surface area contributed by atoms with E-state index < -0.39 is 0 Å². The van der Waals surface area contributed by atoms with Crippen LogP contribution in [0.5, 0.6) is 0 Å². The van der Waals surface area contributed by atoms with Crippen molar-refractivity contribution in [2.45, 2.75) is 39.3 Å². The lowest BCUT2D eigenvalue weighted by Gasteiger charge is -2.20. The van der Waals surface area contributed by atoms with E-state index in [1.807, 2.05) is 25.1 Å². The van der Waals surface area contributed by atoms with Crippen LogP contribution in [0.1, 0.15) is 38.8 Å². The summed E-state index contributed by atoms with van der Waals surface area (Å²) in [6.07, 6.45) is 1.04. The Labute approximate surface area is 103 Å². The number of carbonyl (C=O) groups excluding carboxylic acids is 1. The molecule has 1 aromatic carbocycles. The average molecular weight is 235 g/mol. The van der Waals surface area contributed by atoms with Crippen molar-refractivity contribution in [2.24, 2.45) is 11.7 Å². The first-order valence-corrected chi connectivity index (χ1v) is 6.20. The third-order valence-electron chi connectivity index (χ3n) is 2.92. The number of quaternary nitrogens is 1. The summed E-state index contributed by atoms with van der Waals surface area (Å²) in [5.74, 6) is 0.339. The maximum absolute atomic E-state index is 11.1. The van der Waals surface area contributed by atoms with Crippen LogP contribution in [0.3, 0.4) is 0 Å². The van der Waals surface area contributed by atoms with Crippen LogP contribution in [-0.2, 0) is 4.79 Å². The lowest BCUT2D eigenvalue weighted by Crippen LogP contribution is -2.92. The third kappa shape index (κ3) is 4.57. The van der Waals surface area contributed by atoms with Crippen molar-refractivity contribution in [3.05, 3.63) is 35.9 Å². The fourth-order valence-corrected chi connectivity index (χ4v) is 1.98. The quantitative estimate of drug-likeness (QED) is 0.765. The monoisotopic (exact) mass is 235 g/mol. The molecule has 0 bridgehead atoms. The van der Waals surface area contributed by atoms with Gasteiger partial charge in [-0.1, -0.05) is 44.2 Å². The molecule has 0 aliphatic rings. The number of rotatable bonds is 6. The van der Waals surface area contributed by atoms with Crippen molar-refractivity contribution in [3.8, 4) is 0 Å². The molecule has 17 heavy (non-hydrogen) atoms. The zero-order valence-corrected chi connectivity index (χ0v) is 10.9. The Bertz CT molecular complexity index is 348. The van der Waals surface area contributed by atoms with Gasteiger partial charge in [0, 0.05) is 12.0 Å². The van der Waals surface area contributed by atoms with E-state index in [4.69, 9.17) is 5.73 Å². The van der Waals surface area contributed by atoms with Crippen LogP contribution in [0.4, 0.5) is 0 Å². The van der Waals surface area contributed by atoms with Gasteiger partial charge in [0.2, 0.25) is 0 Å². The van der Waals surface area contributed by atoms with Crippen molar-refractivity contribution >= 4 is 5.91 Å². The maximum Gasteiger partial charge on any atom is 0.275 e. The minimum atomic E-state index is -0.255. The highest BCUT2D eigenvalue weighted by molar-refractivity contribution is 5.77. The molecule has 0 heterocycles. The van der Waals surface area contributed by atoms with Crippen LogP contribution in [-0.4, -0.2) is 11.9 Å². The molecule has 4 N–H and O–H groups in total. The molecule has 2 atom stereocenters. The van der Waals surface area contributed by atoms with Crippen LogP contribution < -0.4 is 11.1 Å². The fourth-order valence-electron chi connectivity index (χ4n) is 1.98. The molecule has 3 nitrogen and oxygen atoms in total. The van der Waals surface area contributed by atoms with Crippen LogP contribution >= 0.6 is 0 Å². The summed E-state index contributed by atoms with van der Waals surface area (Å²) < 4.78 is 0. The van der Waals surface area contributed by atoms with Gasteiger partial charge in [0.1, 0.15) is 6.04 Å². The second kappa shape index (κ2) is 6.40. The van der Waals surface area contributed by atoms with E-state index in [-0.39, 0.29) is 11.9 Å². The van der Waals surface area contributed by atoms with Gasteiger partial charge in [-0.15, -0.1) is 0 Å². The van der Waals surface area contributed by atoms with Gasteiger partial charge in [-0.05, 0) is 12.8 Å². The molecule has 0 aliphatic heterocycles. The third-order valence-corrected chi connectivity index (χ3v) is 2.92. The molecule has 1 rings (SSSR count). The Morgan fingerprint density at radius 2 is 1.82 bits per heavy atom. The predicted molar refractivity (Wildman–Crippen MR) is 69.2 cm³/mol. The molecule has 0 radical (unpaired) electrons. The summed E-state index contributed by atoms with van der Waals surface area (Å²) in [6, 6.07) is 10.4. The van der Waals surface area contributed by atoms with Crippen molar-refractivity contribution in [1.82, 2.24) is 0 Å². The van der Waals surface area contributed by atoms with Crippen molar-refractivity contribution < 1.29 is 10.1 Å². The molecule has 94 valence electrons. The Kier molecular flexibility index (Phi) is 5.16. The molecule has 0 spiro atoms. The molecule has 0 aliphatic carbocycles. The zero-order valence-electron chi connectivity index (χ0n) is 10.9. The maximum atomic E-state index is 11.1. The fraction of sp³-hybridized carbons (Fsp3) is 0.500. The Morgan fingerprint density at radius 3 is 2.29 bits per heavy atom.